The van der Waals surface area contributed by atoms with Crippen LogP contribution in [0, 0.1) is 0 Å². The topological polar surface area (TPSA) is 70.4 Å². The molecule has 5 aromatic rings. The van der Waals surface area contributed by atoms with Crippen molar-refractivity contribution < 1.29 is 5.11 Å². The summed E-state index contributed by atoms with van der Waals surface area (Å²) in [4.78, 5) is 19.5. The molecule has 0 aliphatic rings. The number of H-pyrrole nitrogens is 1. The molecule has 0 aliphatic carbocycles. The van der Waals surface area contributed by atoms with Gasteiger partial charge in [0.1, 0.15) is 5.52 Å². The summed E-state index contributed by atoms with van der Waals surface area (Å²) in [6.45, 7) is 0. The number of aromatic amines is 1. The monoisotopic (exact) mass is 353 g/mol. The van der Waals surface area contributed by atoms with Crippen molar-refractivity contribution in [3.8, 4) is 5.88 Å². The van der Waals surface area contributed by atoms with Crippen LogP contribution >= 0.6 is 15.9 Å². The first-order valence-corrected chi connectivity index (χ1v) is 7.51. The molecule has 0 fully saturated rings. The maximum atomic E-state index is 12.3. The Labute approximate surface area is 131 Å². The average molecular weight is 354 g/mol. The van der Waals surface area contributed by atoms with Gasteiger partial charge < -0.3 is 9.51 Å². The third-order valence-electron chi connectivity index (χ3n) is 4.10. The zero-order valence-corrected chi connectivity index (χ0v) is 12.7. The molecule has 0 saturated carbocycles. The number of aromatic hydroxyl groups is 1. The van der Waals surface area contributed by atoms with E-state index in [0.29, 0.717) is 10.9 Å². The lowest BCUT2D eigenvalue weighted by Gasteiger charge is -2.01. The maximum absolute atomic E-state index is 12.3. The number of aromatic nitrogens is 3. The number of hydrogen-bond acceptors (Lipinski definition) is 3. The van der Waals surface area contributed by atoms with Crippen molar-refractivity contribution in [2.24, 2.45) is 0 Å². The average Bonchev–Trinajstić information content (AvgIpc) is 3.14. The Balaban J connectivity index is 2.28. The van der Waals surface area contributed by atoms with Crippen LogP contribution in [0.15, 0.2) is 45.8 Å². The van der Waals surface area contributed by atoms with Crippen molar-refractivity contribution in [2.75, 3.05) is 0 Å². The molecule has 0 radical (unpaired) electrons. The second kappa shape index (κ2) is 3.78. The molecule has 6 heteroatoms. The number of pyridine rings is 1. The highest BCUT2D eigenvalue weighted by Gasteiger charge is 2.20. The summed E-state index contributed by atoms with van der Waals surface area (Å²) < 4.78 is 2.72. The standard InChI is InChI=1S/C16H8BrN3O2/c17-7-3-4-9-8(6-7)11-12-14(16(22)19-15(12)21)20-5-1-2-10(20)13(11)18-9/h1-6,22H,(H,19,21). The molecule has 22 heavy (non-hydrogen) atoms. The van der Waals surface area contributed by atoms with Crippen LogP contribution in [0.2, 0.25) is 0 Å². The van der Waals surface area contributed by atoms with Crippen molar-refractivity contribution in [3.63, 3.8) is 0 Å². The largest absolute Gasteiger partial charge is 0.493 e. The number of fused-ring (bicyclic) bond motifs is 8. The molecule has 5 rings (SSSR count). The smallest absolute Gasteiger partial charge is 0.261 e. The number of rotatable bonds is 0. The van der Waals surface area contributed by atoms with Crippen molar-refractivity contribution in [2.45, 2.75) is 0 Å². The Hall–Kier alpha value is -2.60. The molecule has 0 spiro atoms. The third kappa shape index (κ3) is 1.28. The molecule has 0 saturated heterocycles. The molecule has 0 amide bonds. The van der Waals surface area contributed by atoms with E-state index in [-0.39, 0.29) is 11.4 Å². The van der Waals surface area contributed by atoms with Gasteiger partial charge in [0.25, 0.3) is 5.56 Å². The van der Waals surface area contributed by atoms with E-state index < -0.39 is 0 Å². The van der Waals surface area contributed by atoms with E-state index in [2.05, 4.69) is 25.9 Å². The lowest BCUT2D eigenvalue weighted by Crippen LogP contribution is -1.98. The van der Waals surface area contributed by atoms with Crippen molar-refractivity contribution in [1.82, 2.24) is 14.4 Å². The van der Waals surface area contributed by atoms with Gasteiger partial charge in [-0.3, -0.25) is 9.78 Å². The summed E-state index contributed by atoms with van der Waals surface area (Å²) in [6.07, 6.45) is 1.82. The molecule has 0 bridgehead atoms. The number of nitrogens with zero attached hydrogens (tertiary/aromatic N) is 2. The highest BCUT2D eigenvalue weighted by Crippen LogP contribution is 2.37. The SMILES string of the molecule is O=c1[nH]c(O)c2c1c1c3cc(Br)ccc3nc1c1cccn12. The fourth-order valence-corrected chi connectivity index (χ4v) is 3.60. The third-order valence-corrected chi connectivity index (χ3v) is 4.59. The minimum absolute atomic E-state index is 0.118. The van der Waals surface area contributed by atoms with E-state index in [1.807, 2.05) is 36.5 Å². The van der Waals surface area contributed by atoms with Gasteiger partial charge in [0, 0.05) is 21.4 Å². The highest BCUT2D eigenvalue weighted by molar-refractivity contribution is 9.10. The molecule has 5 nitrogen and oxygen atoms in total. The van der Waals surface area contributed by atoms with Crippen LogP contribution in [0.4, 0.5) is 0 Å². The molecular weight excluding hydrogens is 346 g/mol. The van der Waals surface area contributed by atoms with Crippen molar-refractivity contribution in [3.05, 3.63) is 51.4 Å². The van der Waals surface area contributed by atoms with Gasteiger partial charge in [-0.1, -0.05) is 15.9 Å². The molecule has 2 N–H and O–H groups in total. The van der Waals surface area contributed by atoms with Gasteiger partial charge in [0.2, 0.25) is 5.88 Å². The summed E-state index contributed by atoms with van der Waals surface area (Å²) in [5.74, 6) is -0.118. The number of hydrogen-bond donors (Lipinski definition) is 2. The van der Waals surface area contributed by atoms with E-state index in [1.165, 1.54) is 0 Å². The fourth-order valence-electron chi connectivity index (χ4n) is 3.24. The van der Waals surface area contributed by atoms with Gasteiger partial charge in [-0.15, -0.1) is 0 Å². The maximum Gasteiger partial charge on any atom is 0.261 e. The Morgan fingerprint density at radius 2 is 2.09 bits per heavy atom. The molecule has 4 heterocycles. The van der Waals surface area contributed by atoms with Crippen LogP contribution in [0.1, 0.15) is 0 Å². The predicted molar refractivity (Wildman–Crippen MR) is 88.9 cm³/mol. The van der Waals surface area contributed by atoms with Gasteiger partial charge in [-0.25, -0.2) is 4.98 Å². The normalized spacial score (nSPS) is 12.2. The van der Waals surface area contributed by atoms with Crippen molar-refractivity contribution in [1.29, 1.82) is 0 Å². The highest BCUT2D eigenvalue weighted by atomic mass is 79.9. The van der Waals surface area contributed by atoms with Gasteiger partial charge in [0.05, 0.1) is 21.9 Å². The quantitative estimate of drug-likeness (QED) is 0.448. The van der Waals surface area contributed by atoms with E-state index in [9.17, 15) is 9.90 Å². The zero-order chi connectivity index (χ0) is 15.0. The molecule has 4 aromatic heterocycles. The summed E-state index contributed by atoms with van der Waals surface area (Å²) in [7, 11) is 0. The van der Waals surface area contributed by atoms with Crippen LogP contribution in [-0.2, 0) is 0 Å². The van der Waals surface area contributed by atoms with Gasteiger partial charge >= 0.3 is 0 Å². The Morgan fingerprint density at radius 1 is 1.23 bits per heavy atom. The van der Waals surface area contributed by atoms with Crippen LogP contribution in [0.3, 0.4) is 0 Å². The summed E-state index contributed by atoms with van der Waals surface area (Å²) in [6, 6.07) is 9.60. The molecule has 0 atom stereocenters. The summed E-state index contributed by atoms with van der Waals surface area (Å²) in [5.41, 5.74) is 2.65. The number of benzene rings is 1. The van der Waals surface area contributed by atoms with Crippen molar-refractivity contribution >= 4 is 54.2 Å². The molecular formula is C16H8BrN3O2. The first kappa shape index (κ1) is 12.0. The fraction of sp³-hybridized carbons (Fsp3) is 0. The van der Waals surface area contributed by atoms with Crippen LogP contribution < -0.4 is 5.56 Å². The predicted octanol–water partition coefficient (Wildman–Crippen LogP) is 3.39. The van der Waals surface area contributed by atoms with E-state index in [0.717, 1.165) is 31.8 Å². The lowest BCUT2D eigenvalue weighted by atomic mass is 10.1. The number of halogens is 1. The second-order valence-corrected chi connectivity index (χ2v) is 6.20. The first-order chi connectivity index (χ1) is 10.6. The minimum Gasteiger partial charge on any atom is -0.493 e. The van der Waals surface area contributed by atoms with Crippen LogP contribution in [0.25, 0.3) is 38.2 Å². The summed E-state index contributed by atoms with van der Waals surface area (Å²) >= 11 is 3.46. The van der Waals surface area contributed by atoms with Gasteiger partial charge in [-0.05, 0) is 30.3 Å². The Morgan fingerprint density at radius 3 is 2.95 bits per heavy atom. The second-order valence-electron chi connectivity index (χ2n) is 5.29. The van der Waals surface area contributed by atoms with Crippen LogP contribution in [-0.4, -0.2) is 19.5 Å². The summed E-state index contributed by atoms with van der Waals surface area (Å²) in [5, 5.41) is 12.3. The van der Waals surface area contributed by atoms with E-state index in [4.69, 9.17) is 0 Å². The Bertz CT molecular complexity index is 1270. The molecule has 1 aromatic carbocycles. The molecule has 0 aliphatic heterocycles. The van der Waals surface area contributed by atoms with Crippen LogP contribution in [0.5, 0.6) is 5.88 Å². The molecule has 0 unspecified atom stereocenters. The first-order valence-electron chi connectivity index (χ1n) is 6.71. The van der Waals surface area contributed by atoms with Gasteiger partial charge in [0.15, 0.2) is 0 Å². The Kier molecular flexibility index (Phi) is 2.06. The number of nitrogens with one attached hydrogen (secondary N) is 1. The molecule has 106 valence electrons. The zero-order valence-electron chi connectivity index (χ0n) is 11.1. The van der Waals surface area contributed by atoms with E-state index >= 15 is 0 Å². The lowest BCUT2D eigenvalue weighted by molar-refractivity contribution is 0.460. The minimum atomic E-state index is -0.303. The van der Waals surface area contributed by atoms with E-state index in [1.54, 1.807) is 4.40 Å². The van der Waals surface area contributed by atoms with Gasteiger partial charge in [-0.2, -0.15) is 0 Å².